The summed E-state index contributed by atoms with van der Waals surface area (Å²) in [5.41, 5.74) is 9.97. The van der Waals surface area contributed by atoms with Gasteiger partial charge < -0.3 is 0 Å². The Morgan fingerprint density at radius 3 is 1.55 bits per heavy atom. The fourth-order valence-electron chi connectivity index (χ4n) is 8.91. The molecule has 0 N–H and O–H groups in total. The van der Waals surface area contributed by atoms with Crippen LogP contribution < -0.4 is 0 Å². The zero-order valence-electron chi connectivity index (χ0n) is 36.5. The molecule has 6 heteroatoms. The van der Waals surface area contributed by atoms with Gasteiger partial charge in [0.15, 0.2) is 29.1 Å². The minimum atomic E-state index is 0.442. The van der Waals surface area contributed by atoms with Gasteiger partial charge in [-0.05, 0) is 79.0 Å². The molecular formula is C61H42N6. The van der Waals surface area contributed by atoms with E-state index in [4.69, 9.17) is 24.9 Å². The van der Waals surface area contributed by atoms with E-state index in [-0.39, 0.29) is 0 Å². The van der Waals surface area contributed by atoms with E-state index < -0.39 is 0 Å². The van der Waals surface area contributed by atoms with Gasteiger partial charge in [-0.1, -0.05) is 218 Å². The number of hydrogen-bond donors (Lipinski definition) is 0. The lowest BCUT2D eigenvalue weighted by molar-refractivity contribution is 1.06. The van der Waals surface area contributed by atoms with E-state index in [0.717, 1.165) is 88.0 Å². The molecule has 67 heavy (non-hydrogen) atoms. The highest BCUT2D eigenvalue weighted by Crippen LogP contribution is 2.46. The molecule has 6 nitrogen and oxygen atoms in total. The third-order valence-electron chi connectivity index (χ3n) is 12.1. The monoisotopic (exact) mass is 858 g/mol. The highest BCUT2D eigenvalue weighted by Gasteiger charge is 2.22. The van der Waals surface area contributed by atoms with Gasteiger partial charge in [-0.25, -0.2) is 24.9 Å². The smallest absolute Gasteiger partial charge is 0.164 e. The first-order valence-corrected chi connectivity index (χ1v) is 22.3. The minimum absolute atomic E-state index is 0.442. The van der Waals surface area contributed by atoms with Gasteiger partial charge in [0.05, 0.1) is 6.54 Å². The largest absolute Gasteiger partial charge is 0.261 e. The standard InChI is InChI=1S/C61H42N6/c1-62-57(44-25-11-4-12-26-44)64-58(63-40-41-20-7-2-8-21-41)47-34-36-51-54(38-47)56(50-33-19-31-42-22-17-18-32-49(42)50)52-37-35-48(39-53(52)55(51)43-23-9-3-10-24-43)61-66-59(45-27-13-5-14-28-45)65-60(67-61)46-29-15-6-16-30-46/h2-39H,1,40H2. The van der Waals surface area contributed by atoms with Crippen molar-refractivity contribution in [3.8, 4) is 56.4 Å². The summed E-state index contributed by atoms with van der Waals surface area (Å²) in [5.74, 6) is 2.89. The van der Waals surface area contributed by atoms with Crippen LogP contribution in [0.1, 0.15) is 16.7 Å². The Bertz CT molecular complexity index is 3580. The van der Waals surface area contributed by atoms with E-state index in [1.54, 1.807) is 0 Å². The van der Waals surface area contributed by atoms with Gasteiger partial charge in [0.25, 0.3) is 0 Å². The highest BCUT2D eigenvalue weighted by molar-refractivity contribution is 6.25. The minimum Gasteiger partial charge on any atom is -0.261 e. The molecule has 0 saturated heterocycles. The van der Waals surface area contributed by atoms with Crippen LogP contribution in [0.3, 0.4) is 0 Å². The average molecular weight is 859 g/mol. The highest BCUT2D eigenvalue weighted by atomic mass is 15.0. The van der Waals surface area contributed by atoms with Crippen LogP contribution in [-0.4, -0.2) is 33.3 Å². The molecule has 11 aromatic rings. The SMILES string of the molecule is C=NC(=NC(=NCc1ccccc1)c1ccc2c(-c3ccccc3)c3cc(-c4nc(-c5ccccc5)nc(-c5ccccc5)n4)ccc3c(-c3cccc4ccccc34)c2c1)c1ccccc1. The van der Waals surface area contributed by atoms with Crippen molar-refractivity contribution >= 4 is 50.7 Å². The molecule has 0 radical (unpaired) electrons. The van der Waals surface area contributed by atoms with Crippen LogP contribution in [0.25, 0.3) is 88.7 Å². The molecule has 0 unspecified atom stereocenters. The maximum Gasteiger partial charge on any atom is 0.164 e. The predicted octanol–water partition coefficient (Wildman–Crippen LogP) is 14.8. The molecule has 0 spiro atoms. The fraction of sp³-hybridized carbons (Fsp3) is 0.0164. The summed E-state index contributed by atoms with van der Waals surface area (Å²) in [6.45, 7) is 4.38. The molecule has 0 aliphatic carbocycles. The summed E-state index contributed by atoms with van der Waals surface area (Å²) in [5, 5.41) is 6.64. The summed E-state index contributed by atoms with van der Waals surface area (Å²) < 4.78 is 0. The van der Waals surface area contributed by atoms with E-state index >= 15 is 0 Å². The lowest BCUT2D eigenvalue weighted by Gasteiger charge is -2.20. The summed E-state index contributed by atoms with van der Waals surface area (Å²) >= 11 is 0. The Hall–Kier alpha value is -9.00. The maximum atomic E-state index is 5.20. The van der Waals surface area contributed by atoms with Crippen LogP contribution >= 0.6 is 0 Å². The summed E-state index contributed by atoms with van der Waals surface area (Å²) in [6.07, 6.45) is 0. The van der Waals surface area contributed by atoms with Crippen molar-refractivity contribution < 1.29 is 0 Å². The molecule has 0 aliphatic heterocycles. The van der Waals surface area contributed by atoms with Crippen molar-refractivity contribution in [2.45, 2.75) is 6.54 Å². The Morgan fingerprint density at radius 2 is 0.896 bits per heavy atom. The lowest BCUT2D eigenvalue weighted by Crippen LogP contribution is -2.06. The first-order chi connectivity index (χ1) is 33.2. The molecule has 316 valence electrons. The van der Waals surface area contributed by atoms with Gasteiger partial charge in [0.2, 0.25) is 0 Å². The molecule has 0 fully saturated rings. The number of aromatic nitrogens is 3. The van der Waals surface area contributed by atoms with Gasteiger partial charge in [-0.3, -0.25) is 4.99 Å². The van der Waals surface area contributed by atoms with Crippen LogP contribution in [0, 0.1) is 0 Å². The molecule has 10 aromatic carbocycles. The number of rotatable bonds is 9. The van der Waals surface area contributed by atoms with Gasteiger partial charge in [-0.15, -0.1) is 0 Å². The lowest BCUT2D eigenvalue weighted by atomic mass is 9.83. The van der Waals surface area contributed by atoms with E-state index in [9.17, 15) is 0 Å². The van der Waals surface area contributed by atoms with Gasteiger partial charge in [-0.2, -0.15) is 0 Å². The zero-order valence-corrected chi connectivity index (χ0v) is 36.5. The third kappa shape index (κ3) is 8.20. The van der Waals surface area contributed by atoms with Crippen molar-refractivity contribution in [2.75, 3.05) is 0 Å². The van der Waals surface area contributed by atoms with Crippen molar-refractivity contribution in [3.05, 3.63) is 247 Å². The van der Waals surface area contributed by atoms with Crippen LogP contribution in [-0.2, 0) is 6.54 Å². The van der Waals surface area contributed by atoms with Gasteiger partial charge in [0, 0.05) is 27.8 Å². The molecule has 0 bridgehead atoms. The molecule has 0 aliphatic rings. The third-order valence-corrected chi connectivity index (χ3v) is 12.1. The van der Waals surface area contributed by atoms with Crippen molar-refractivity contribution in [2.24, 2.45) is 15.0 Å². The van der Waals surface area contributed by atoms with E-state index in [0.29, 0.717) is 35.7 Å². The molecule has 0 atom stereocenters. The topological polar surface area (TPSA) is 75.8 Å². The van der Waals surface area contributed by atoms with E-state index in [2.05, 4.69) is 133 Å². The molecule has 1 heterocycles. The molecule has 0 amide bonds. The Kier molecular flexibility index (Phi) is 11.1. The molecule has 1 aromatic heterocycles. The van der Waals surface area contributed by atoms with Crippen molar-refractivity contribution in [3.63, 3.8) is 0 Å². The first kappa shape index (κ1) is 40.8. The van der Waals surface area contributed by atoms with Crippen LogP contribution in [0.2, 0.25) is 0 Å². The number of nitrogens with zero attached hydrogens (tertiary/aromatic N) is 6. The summed E-state index contributed by atoms with van der Waals surface area (Å²) in [4.78, 5) is 30.1. The molecular weight excluding hydrogens is 817 g/mol. The number of aliphatic imine (C=N–C) groups is 3. The normalized spacial score (nSPS) is 11.9. The fourth-order valence-corrected chi connectivity index (χ4v) is 8.91. The number of amidine groups is 2. The molecule has 11 rings (SSSR count). The Morgan fingerprint density at radius 1 is 0.373 bits per heavy atom. The maximum absolute atomic E-state index is 5.20. The summed E-state index contributed by atoms with van der Waals surface area (Å²) in [6, 6.07) is 79.5. The van der Waals surface area contributed by atoms with Gasteiger partial charge >= 0.3 is 0 Å². The first-order valence-electron chi connectivity index (χ1n) is 22.3. The zero-order chi connectivity index (χ0) is 44.9. The average Bonchev–Trinajstić information content (AvgIpc) is 3.41. The number of hydrogen-bond acceptors (Lipinski definition) is 4. The van der Waals surface area contributed by atoms with E-state index in [1.165, 1.54) is 0 Å². The van der Waals surface area contributed by atoms with Crippen molar-refractivity contribution in [1.29, 1.82) is 0 Å². The number of benzene rings is 10. The van der Waals surface area contributed by atoms with Crippen LogP contribution in [0.5, 0.6) is 0 Å². The second-order valence-corrected chi connectivity index (χ2v) is 16.3. The van der Waals surface area contributed by atoms with Crippen LogP contribution in [0.15, 0.2) is 245 Å². The quantitative estimate of drug-likeness (QED) is 0.0824. The second kappa shape index (κ2) is 18.2. The summed E-state index contributed by atoms with van der Waals surface area (Å²) in [7, 11) is 0. The predicted molar refractivity (Wildman–Crippen MR) is 279 cm³/mol. The van der Waals surface area contributed by atoms with E-state index in [1.807, 2.05) is 109 Å². The Balaban J connectivity index is 1.21. The van der Waals surface area contributed by atoms with Crippen molar-refractivity contribution in [1.82, 2.24) is 15.0 Å². The van der Waals surface area contributed by atoms with Crippen LogP contribution in [0.4, 0.5) is 0 Å². The Labute approximate surface area is 389 Å². The molecule has 0 saturated carbocycles. The second-order valence-electron chi connectivity index (χ2n) is 16.3. The number of fused-ring (bicyclic) bond motifs is 3. The van der Waals surface area contributed by atoms with Gasteiger partial charge in [0.1, 0.15) is 0 Å².